The van der Waals surface area contributed by atoms with E-state index in [9.17, 15) is 0 Å². The lowest BCUT2D eigenvalue weighted by molar-refractivity contribution is 0.867. The van der Waals surface area contributed by atoms with Crippen molar-refractivity contribution in [1.29, 1.82) is 0 Å². The van der Waals surface area contributed by atoms with E-state index >= 15 is 0 Å². The Morgan fingerprint density at radius 3 is 3.00 bits per heavy atom. The molecule has 0 radical (unpaired) electrons. The van der Waals surface area contributed by atoms with Crippen LogP contribution in [0.2, 0.25) is 0 Å². The minimum atomic E-state index is 1.05. The van der Waals surface area contributed by atoms with E-state index in [4.69, 9.17) is 0 Å². The number of allylic oxidation sites excluding steroid dienone is 2. The van der Waals surface area contributed by atoms with Gasteiger partial charge in [0.1, 0.15) is 0 Å². The third-order valence-electron chi connectivity index (χ3n) is 2.19. The van der Waals surface area contributed by atoms with Crippen molar-refractivity contribution in [2.75, 3.05) is 7.05 Å². The van der Waals surface area contributed by atoms with Gasteiger partial charge in [-0.05, 0) is 38.7 Å². The molecule has 0 N–H and O–H groups in total. The first-order valence-electron chi connectivity index (χ1n) is 4.41. The lowest BCUT2D eigenvalue weighted by Crippen LogP contribution is -1.97. The van der Waals surface area contributed by atoms with Crippen LogP contribution in [0.15, 0.2) is 21.3 Å². The maximum atomic E-state index is 4.40. The Labute approximate surface area is 74.1 Å². The number of hydrogen-bond acceptors (Lipinski definition) is 2. The minimum absolute atomic E-state index is 1.05. The van der Waals surface area contributed by atoms with Gasteiger partial charge in [-0.3, -0.25) is 9.98 Å². The van der Waals surface area contributed by atoms with Crippen molar-refractivity contribution in [2.24, 2.45) is 9.98 Å². The number of rotatable bonds is 1. The maximum Gasteiger partial charge on any atom is 0.0822 e. The molecule has 0 aromatic heterocycles. The molecule has 0 spiro atoms. The second kappa shape index (κ2) is 4.19. The lowest BCUT2D eigenvalue weighted by Gasteiger charge is -2.03. The van der Waals surface area contributed by atoms with Crippen LogP contribution in [0.3, 0.4) is 0 Å². The predicted octanol–water partition coefficient (Wildman–Crippen LogP) is 2.61. The van der Waals surface area contributed by atoms with Gasteiger partial charge in [0.15, 0.2) is 0 Å². The largest absolute Gasteiger partial charge is 0.291 e. The summed E-state index contributed by atoms with van der Waals surface area (Å²) in [5.41, 5.74) is 3.51. The number of aliphatic imine (C=N–C) groups is 2. The van der Waals surface area contributed by atoms with Crippen LogP contribution in [0.1, 0.15) is 33.1 Å². The second-order valence-corrected chi connectivity index (χ2v) is 3.14. The Balaban J connectivity index is 2.95. The molecule has 2 heteroatoms. The van der Waals surface area contributed by atoms with Crippen molar-refractivity contribution in [2.45, 2.75) is 33.1 Å². The van der Waals surface area contributed by atoms with Gasteiger partial charge in [0.2, 0.25) is 0 Å². The molecule has 12 heavy (non-hydrogen) atoms. The van der Waals surface area contributed by atoms with Crippen molar-refractivity contribution >= 4 is 11.9 Å². The van der Waals surface area contributed by atoms with Crippen LogP contribution in [0.5, 0.6) is 0 Å². The van der Waals surface area contributed by atoms with Gasteiger partial charge in [0.05, 0.1) is 11.4 Å². The molecule has 1 rings (SSSR count). The van der Waals surface area contributed by atoms with Crippen molar-refractivity contribution < 1.29 is 0 Å². The van der Waals surface area contributed by atoms with Crippen LogP contribution in [-0.2, 0) is 0 Å². The van der Waals surface area contributed by atoms with Crippen LogP contribution >= 0.6 is 0 Å². The van der Waals surface area contributed by atoms with E-state index in [1.54, 1.807) is 0 Å². The van der Waals surface area contributed by atoms with Crippen LogP contribution in [0.25, 0.3) is 0 Å². The Hall–Kier alpha value is -0.920. The van der Waals surface area contributed by atoms with Crippen LogP contribution in [0, 0.1) is 0 Å². The fraction of sp³-hybridized carbons (Fsp3) is 0.600. The van der Waals surface area contributed by atoms with E-state index < -0.39 is 0 Å². The zero-order valence-electron chi connectivity index (χ0n) is 8.09. The van der Waals surface area contributed by atoms with Gasteiger partial charge in [-0.2, -0.15) is 0 Å². The fourth-order valence-electron chi connectivity index (χ4n) is 1.35. The highest BCUT2D eigenvalue weighted by molar-refractivity contribution is 5.99. The SMILES string of the molecule is CN=C(C)C1=C(C)CCCC=N1. The summed E-state index contributed by atoms with van der Waals surface area (Å²) < 4.78 is 0. The average molecular weight is 164 g/mol. The Morgan fingerprint density at radius 1 is 1.58 bits per heavy atom. The molecule has 66 valence electrons. The molecule has 0 aliphatic carbocycles. The van der Waals surface area contributed by atoms with Gasteiger partial charge in [-0.1, -0.05) is 0 Å². The molecule has 0 saturated heterocycles. The molecule has 1 heterocycles. The maximum absolute atomic E-state index is 4.40. The molecule has 0 aromatic rings. The monoisotopic (exact) mass is 164 g/mol. The van der Waals surface area contributed by atoms with E-state index in [2.05, 4.69) is 16.9 Å². The molecule has 2 nitrogen and oxygen atoms in total. The highest BCUT2D eigenvalue weighted by Gasteiger charge is 2.06. The molecule has 0 aromatic carbocycles. The van der Waals surface area contributed by atoms with Crippen molar-refractivity contribution in [3.8, 4) is 0 Å². The number of hydrogen-bond donors (Lipinski definition) is 0. The van der Waals surface area contributed by atoms with Gasteiger partial charge >= 0.3 is 0 Å². The highest BCUT2D eigenvalue weighted by Crippen LogP contribution is 2.17. The summed E-state index contributed by atoms with van der Waals surface area (Å²) in [4.78, 5) is 8.55. The molecule has 1 aliphatic heterocycles. The van der Waals surface area contributed by atoms with Gasteiger partial charge in [0.25, 0.3) is 0 Å². The van der Waals surface area contributed by atoms with Gasteiger partial charge in [0, 0.05) is 13.3 Å². The minimum Gasteiger partial charge on any atom is -0.291 e. The average Bonchev–Trinajstić information content (AvgIpc) is 2.28. The third kappa shape index (κ3) is 2.03. The molecule has 0 fully saturated rings. The van der Waals surface area contributed by atoms with Gasteiger partial charge in [-0.15, -0.1) is 0 Å². The smallest absolute Gasteiger partial charge is 0.0822 e. The van der Waals surface area contributed by atoms with Crippen molar-refractivity contribution in [1.82, 2.24) is 0 Å². The second-order valence-electron chi connectivity index (χ2n) is 3.14. The van der Waals surface area contributed by atoms with Crippen LogP contribution in [-0.4, -0.2) is 19.0 Å². The summed E-state index contributed by atoms with van der Waals surface area (Å²) >= 11 is 0. The lowest BCUT2D eigenvalue weighted by atomic mass is 10.1. The molecule has 0 bridgehead atoms. The van der Waals surface area contributed by atoms with E-state index in [0.29, 0.717) is 0 Å². The summed E-state index contributed by atoms with van der Waals surface area (Å²) in [5.74, 6) is 0. The van der Waals surface area contributed by atoms with Crippen LogP contribution < -0.4 is 0 Å². The molecule has 0 atom stereocenters. The van der Waals surface area contributed by atoms with Crippen molar-refractivity contribution in [3.63, 3.8) is 0 Å². The number of nitrogens with zero attached hydrogens (tertiary/aromatic N) is 2. The summed E-state index contributed by atoms with van der Waals surface area (Å²) in [6.45, 7) is 4.16. The first-order chi connectivity index (χ1) is 5.75. The van der Waals surface area contributed by atoms with Crippen LogP contribution in [0.4, 0.5) is 0 Å². The Morgan fingerprint density at radius 2 is 2.33 bits per heavy atom. The normalized spacial score (nSPS) is 19.8. The van der Waals surface area contributed by atoms with E-state index in [0.717, 1.165) is 24.3 Å². The standard InChI is InChI=1S/C10H16N2/c1-8-6-4-5-7-12-10(8)9(2)11-3/h7H,4-6H2,1-3H3. The summed E-state index contributed by atoms with van der Waals surface area (Å²) in [5, 5.41) is 0. The molecular formula is C10H16N2. The van der Waals surface area contributed by atoms with E-state index in [-0.39, 0.29) is 0 Å². The Bertz CT molecular complexity index is 247. The van der Waals surface area contributed by atoms with E-state index in [1.165, 1.54) is 12.0 Å². The zero-order valence-corrected chi connectivity index (χ0v) is 8.09. The predicted molar refractivity (Wildman–Crippen MR) is 54.1 cm³/mol. The summed E-state index contributed by atoms with van der Waals surface area (Å²) in [7, 11) is 1.82. The fourth-order valence-corrected chi connectivity index (χ4v) is 1.35. The summed E-state index contributed by atoms with van der Waals surface area (Å²) in [6.07, 6.45) is 5.47. The van der Waals surface area contributed by atoms with E-state index in [1.807, 2.05) is 20.2 Å². The first kappa shape index (κ1) is 9.17. The molecule has 1 aliphatic rings. The molecule has 0 amide bonds. The molecule has 0 saturated carbocycles. The topological polar surface area (TPSA) is 24.7 Å². The zero-order chi connectivity index (χ0) is 8.97. The highest BCUT2D eigenvalue weighted by atomic mass is 14.8. The van der Waals surface area contributed by atoms with Crippen molar-refractivity contribution in [3.05, 3.63) is 11.3 Å². The van der Waals surface area contributed by atoms with Gasteiger partial charge < -0.3 is 0 Å². The summed E-state index contributed by atoms with van der Waals surface area (Å²) in [6, 6.07) is 0. The van der Waals surface area contributed by atoms with Gasteiger partial charge in [-0.25, -0.2) is 0 Å². The Kier molecular flexibility index (Phi) is 3.20. The molecule has 0 unspecified atom stereocenters. The first-order valence-corrected chi connectivity index (χ1v) is 4.41. The third-order valence-corrected chi connectivity index (χ3v) is 2.19. The quantitative estimate of drug-likeness (QED) is 0.532. The molecular weight excluding hydrogens is 148 g/mol.